The van der Waals surface area contributed by atoms with Gasteiger partial charge in [-0.3, -0.25) is 0 Å². The van der Waals surface area contributed by atoms with Crippen LogP contribution in [-0.4, -0.2) is 17.8 Å². The Labute approximate surface area is 103 Å². The second-order valence-electron chi connectivity index (χ2n) is 4.62. The van der Waals surface area contributed by atoms with E-state index in [0.29, 0.717) is 0 Å². The van der Waals surface area contributed by atoms with Crippen LogP contribution in [0, 0.1) is 6.92 Å². The smallest absolute Gasteiger partial charge is 0.0110 e. The maximum Gasteiger partial charge on any atom is 0.0110 e. The van der Waals surface area contributed by atoms with Gasteiger partial charge in [-0.1, -0.05) is 24.6 Å². The summed E-state index contributed by atoms with van der Waals surface area (Å²) in [4.78, 5) is 1.43. The molecule has 1 aromatic rings. The molecule has 0 spiro atoms. The molecule has 1 nitrogen and oxygen atoms in total. The van der Waals surface area contributed by atoms with Crippen LogP contribution in [0.3, 0.4) is 0 Å². The van der Waals surface area contributed by atoms with Crippen LogP contribution in [0.25, 0.3) is 0 Å². The summed E-state index contributed by atoms with van der Waals surface area (Å²) in [6.07, 6.45) is 4.03. The minimum atomic E-state index is 0.757. The molecule has 88 valence electrons. The van der Waals surface area contributed by atoms with E-state index in [4.69, 9.17) is 0 Å². The van der Waals surface area contributed by atoms with Crippen molar-refractivity contribution < 1.29 is 0 Å². The number of benzene rings is 1. The Morgan fingerprint density at radius 3 is 3.00 bits per heavy atom. The van der Waals surface area contributed by atoms with Crippen molar-refractivity contribution in [3.8, 4) is 0 Å². The molecule has 1 aromatic carbocycles. The van der Waals surface area contributed by atoms with Gasteiger partial charge in [-0.25, -0.2) is 0 Å². The predicted molar refractivity (Wildman–Crippen MR) is 72.1 cm³/mol. The lowest BCUT2D eigenvalue weighted by Crippen LogP contribution is -2.26. The first kappa shape index (κ1) is 12.0. The minimum Gasteiger partial charge on any atom is -0.314 e. The standard InChI is InChI=1S/C14H21NS/c1-3-15-12-7-8-14(10-12)16-13-6-4-5-11(2)9-13/h4-6,9,12,14-15H,3,7-8,10H2,1-2H3. The summed E-state index contributed by atoms with van der Waals surface area (Å²) in [7, 11) is 0. The second kappa shape index (κ2) is 5.74. The SMILES string of the molecule is CCNC1CCC(Sc2cccc(C)c2)C1. The highest BCUT2D eigenvalue weighted by Crippen LogP contribution is 2.35. The van der Waals surface area contributed by atoms with Crippen LogP contribution in [0.1, 0.15) is 31.7 Å². The van der Waals surface area contributed by atoms with Crippen molar-refractivity contribution in [1.29, 1.82) is 0 Å². The van der Waals surface area contributed by atoms with Crippen molar-refractivity contribution in [3.05, 3.63) is 29.8 Å². The number of hydrogen-bond acceptors (Lipinski definition) is 2. The van der Waals surface area contributed by atoms with Crippen LogP contribution in [0.15, 0.2) is 29.2 Å². The summed E-state index contributed by atoms with van der Waals surface area (Å²) in [5.74, 6) is 0. The first-order chi connectivity index (χ1) is 7.78. The molecule has 0 aromatic heterocycles. The third-order valence-electron chi connectivity index (χ3n) is 3.17. The molecule has 16 heavy (non-hydrogen) atoms. The van der Waals surface area contributed by atoms with Gasteiger partial charge in [0.05, 0.1) is 0 Å². The number of hydrogen-bond donors (Lipinski definition) is 1. The van der Waals surface area contributed by atoms with Crippen LogP contribution in [0.2, 0.25) is 0 Å². The Morgan fingerprint density at radius 2 is 2.25 bits per heavy atom. The molecule has 0 aliphatic heterocycles. The second-order valence-corrected chi connectivity index (χ2v) is 6.00. The molecule has 1 saturated carbocycles. The summed E-state index contributed by atoms with van der Waals surface area (Å²) >= 11 is 2.05. The monoisotopic (exact) mass is 235 g/mol. The van der Waals surface area contributed by atoms with Gasteiger partial charge in [0.2, 0.25) is 0 Å². The molecule has 1 fully saturated rings. The van der Waals surface area contributed by atoms with Crippen molar-refractivity contribution in [2.75, 3.05) is 6.54 Å². The molecule has 1 aliphatic rings. The molecule has 0 saturated heterocycles. The molecule has 0 amide bonds. The topological polar surface area (TPSA) is 12.0 Å². The van der Waals surface area contributed by atoms with E-state index in [1.165, 1.54) is 29.7 Å². The van der Waals surface area contributed by atoms with E-state index in [1.54, 1.807) is 0 Å². The van der Waals surface area contributed by atoms with Gasteiger partial charge in [-0.2, -0.15) is 0 Å². The largest absolute Gasteiger partial charge is 0.314 e. The summed E-state index contributed by atoms with van der Waals surface area (Å²) in [5, 5.41) is 4.37. The van der Waals surface area contributed by atoms with Crippen molar-refractivity contribution in [1.82, 2.24) is 5.32 Å². The summed E-state index contributed by atoms with van der Waals surface area (Å²) in [5.41, 5.74) is 1.37. The summed E-state index contributed by atoms with van der Waals surface area (Å²) < 4.78 is 0. The Balaban J connectivity index is 1.87. The molecule has 0 bridgehead atoms. The molecule has 0 radical (unpaired) electrons. The molecule has 2 atom stereocenters. The quantitative estimate of drug-likeness (QED) is 0.855. The molecule has 2 unspecified atom stereocenters. The maximum atomic E-state index is 3.56. The molecular weight excluding hydrogens is 214 g/mol. The summed E-state index contributed by atoms with van der Waals surface area (Å²) in [6, 6.07) is 9.62. The highest BCUT2D eigenvalue weighted by atomic mass is 32.2. The Kier molecular flexibility index (Phi) is 4.30. The Hall–Kier alpha value is -0.470. The zero-order valence-electron chi connectivity index (χ0n) is 10.2. The normalized spacial score (nSPS) is 24.9. The maximum absolute atomic E-state index is 3.56. The Morgan fingerprint density at radius 1 is 1.38 bits per heavy atom. The highest BCUT2D eigenvalue weighted by Gasteiger charge is 2.24. The van der Waals surface area contributed by atoms with Crippen LogP contribution in [-0.2, 0) is 0 Å². The van der Waals surface area contributed by atoms with Gasteiger partial charge in [0.25, 0.3) is 0 Å². The average Bonchev–Trinajstić information content (AvgIpc) is 2.66. The summed E-state index contributed by atoms with van der Waals surface area (Å²) in [6.45, 7) is 5.47. The minimum absolute atomic E-state index is 0.757. The van der Waals surface area contributed by atoms with Gasteiger partial charge in [0.15, 0.2) is 0 Å². The third kappa shape index (κ3) is 3.26. The fourth-order valence-electron chi connectivity index (χ4n) is 2.40. The first-order valence-electron chi connectivity index (χ1n) is 6.24. The first-order valence-corrected chi connectivity index (χ1v) is 7.12. The van der Waals surface area contributed by atoms with Gasteiger partial charge < -0.3 is 5.32 Å². The Bertz CT molecular complexity index is 337. The van der Waals surface area contributed by atoms with E-state index in [-0.39, 0.29) is 0 Å². The van der Waals surface area contributed by atoms with Crippen LogP contribution >= 0.6 is 11.8 Å². The van der Waals surface area contributed by atoms with Gasteiger partial charge in [-0.05, 0) is 44.9 Å². The van der Waals surface area contributed by atoms with Crippen molar-refractivity contribution in [2.45, 2.75) is 49.3 Å². The van der Waals surface area contributed by atoms with Gasteiger partial charge >= 0.3 is 0 Å². The molecular formula is C14H21NS. The van der Waals surface area contributed by atoms with E-state index in [2.05, 4.69) is 55.2 Å². The van der Waals surface area contributed by atoms with E-state index in [0.717, 1.165) is 17.8 Å². The predicted octanol–water partition coefficient (Wildman–Crippen LogP) is 3.62. The fraction of sp³-hybridized carbons (Fsp3) is 0.571. The average molecular weight is 235 g/mol. The fourth-order valence-corrected chi connectivity index (χ4v) is 3.78. The van der Waals surface area contributed by atoms with Gasteiger partial charge in [0, 0.05) is 16.2 Å². The van der Waals surface area contributed by atoms with Crippen LogP contribution in [0.4, 0.5) is 0 Å². The zero-order valence-corrected chi connectivity index (χ0v) is 11.0. The molecule has 2 rings (SSSR count). The van der Waals surface area contributed by atoms with E-state index < -0.39 is 0 Å². The van der Waals surface area contributed by atoms with Crippen LogP contribution < -0.4 is 5.32 Å². The van der Waals surface area contributed by atoms with Crippen molar-refractivity contribution >= 4 is 11.8 Å². The lowest BCUT2D eigenvalue weighted by Gasteiger charge is -2.12. The third-order valence-corrected chi connectivity index (χ3v) is 4.46. The molecule has 1 aliphatic carbocycles. The van der Waals surface area contributed by atoms with Crippen LogP contribution in [0.5, 0.6) is 0 Å². The van der Waals surface area contributed by atoms with E-state index in [9.17, 15) is 0 Å². The van der Waals surface area contributed by atoms with E-state index >= 15 is 0 Å². The number of rotatable bonds is 4. The lowest BCUT2D eigenvalue weighted by atomic mass is 10.2. The molecule has 0 heterocycles. The highest BCUT2D eigenvalue weighted by molar-refractivity contribution is 8.00. The van der Waals surface area contributed by atoms with Crippen molar-refractivity contribution in [3.63, 3.8) is 0 Å². The molecule has 2 heteroatoms. The number of aryl methyl sites for hydroxylation is 1. The lowest BCUT2D eigenvalue weighted by molar-refractivity contribution is 0.543. The van der Waals surface area contributed by atoms with Gasteiger partial charge in [-0.15, -0.1) is 11.8 Å². The zero-order chi connectivity index (χ0) is 11.4. The van der Waals surface area contributed by atoms with E-state index in [1.807, 2.05) is 0 Å². The number of nitrogens with one attached hydrogen (secondary N) is 1. The van der Waals surface area contributed by atoms with Gasteiger partial charge in [0.1, 0.15) is 0 Å². The number of thioether (sulfide) groups is 1. The van der Waals surface area contributed by atoms with Crippen molar-refractivity contribution in [2.24, 2.45) is 0 Å². The molecule has 1 N–H and O–H groups in total.